The van der Waals surface area contributed by atoms with E-state index in [1.54, 1.807) is 7.11 Å². The van der Waals surface area contributed by atoms with Crippen LogP contribution in [-0.2, 0) is 0 Å². The zero-order valence-corrected chi connectivity index (χ0v) is 12.4. The van der Waals surface area contributed by atoms with Crippen molar-refractivity contribution in [2.24, 2.45) is 5.92 Å². The SMILES string of the molecule is CCC(CCOc1ccc(OC)cc1)C(C)Br. The summed E-state index contributed by atoms with van der Waals surface area (Å²) in [6, 6.07) is 7.72. The van der Waals surface area contributed by atoms with Gasteiger partial charge in [0.15, 0.2) is 0 Å². The molecular weight excluding hydrogens is 280 g/mol. The van der Waals surface area contributed by atoms with Crippen molar-refractivity contribution < 1.29 is 9.47 Å². The van der Waals surface area contributed by atoms with Crippen LogP contribution in [0.25, 0.3) is 0 Å². The highest BCUT2D eigenvalue weighted by atomic mass is 79.9. The van der Waals surface area contributed by atoms with Crippen molar-refractivity contribution in [1.82, 2.24) is 0 Å². The number of methoxy groups -OCH3 is 1. The van der Waals surface area contributed by atoms with E-state index in [0.29, 0.717) is 10.7 Å². The minimum atomic E-state index is 0.548. The van der Waals surface area contributed by atoms with Gasteiger partial charge in [-0.2, -0.15) is 0 Å². The van der Waals surface area contributed by atoms with Crippen LogP contribution in [0.1, 0.15) is 26.7 Å². The summed E-state index contributed by atoms with van der Waals surface area (Å²) in [5.74, 6) is 2.44. The van der Waals surface area contributed by atoms with Gasteiger partial charge in [-0.05, 0) is 36.6 Å². The minimum Gasteiger partial charge on any atom is -0.497 e. The molecule has 96 valence electrons. The van der Waals surface area contributed by atoms with Gasteiger partial charge < -0.3 is 9.47 Å². The van der Waals surface area contributed by atoms with Crippen molar-refractivity contribution in [3.05, 3.63) is 24.3 Å². The summed E-state index contributed by atoms with van der Waals surface area (Å²) in [7, 11) is 1.67. The highest BCUT2D eigenvalue weighted by Gasteiger charge is 2.12. The highest BCUT2D eigenvalue weighted by Crippen LogP contribution is 2.21. The fourth-order valence-electron chi connectivity index (χ4n) is 1.76. The van der Waals surface area contributed by atoms with E-state index in [1.807, 2.05) is 24.3 Å². The summed E-state index contributed by atoms with van der Waals surface area (Å²) < 4.78 is 10.8. The monoisotopic (exact) mass is 300 g/mol. The average molecular weight is 301 g/mol. The first kappa shape index (κ1) is 14.4. The van der Waals surface area contributed by atoms with E-state index in [1.165, 1.54) is 6.42 Å². The molecule has 0 fully saturated rings. The fraction of sp³-hybridized carbons (Fsp3) is 0.571. The Morgan fingerprint density at radius 3 is 2.24 bits per heavy atom. The maximum absolute atomic E-state index is 5.71. The minimum absolute atomic E-state index is 0.548. The second-order valence-electron chi connectivity index (χ2n) is 4.16. The van der Waals surface area contributed by atoms with Crippen LogP contribution in [0.2, 0.25) is 0 Å². The van der Waals surface area contributed by atoms with Crippen LogP contribution in [0.15, 0.2) is 24.3 Å². The van der Waals surface area contributed by atoms with Gasteiger partial charge in [0.1, 0.15) is 11.5 Å². The van der Waals surface area contributed by atoms with Crippen molar-refractivity contribution in [3.8, 4) is 11.5 Å². The standard InChI is InChI=1S/C14H21BrO2/c1-4-12(11(2)15)9-10-17-14-7-5-13(16-3)6-8-14/h5-8,11-12H,4,9-10H2,1-3H3. The van der Waals surface area contributed by atoms with Gasteiger partial charge in [-0.1, -0.05) is 36.2 Å². The molecule has 0 aliphatic rings. The van der Waals surface area contributed by atoms with E-state index in [0.717, 1.165) is 24.5 Å². The predicted molar refractivity (Wildman–Crippen MR) is 75.3 cm³/mol. The zero-order chi connectivity index (χ0) is 12.7. The smallest absolute Gasteiger partial charge is 0.119 e. The third kappa shape index (κ3) is 4.99. The topological polar surface area (TPSA) is 18.5 Å². The Bertz CT molecular complexity index is 309. The lowest BCUT2D eigenvalue weighted by molar-refractivity contribution is 0.274. The van der Waals surface area contributed by atoms with Crippen LogP contribution in [-0.4, -0.2) is 18.5 Å². The molecule has 2 atom stereocenters. The van der Waals surface area contributed by atoms with Crippen LogP contribution < -0.4 is 9.47 Å². The molecule has 0 saturated heterocycles. The van der Waals surface area contributed by atoms with Gasteiger partial charge in [-0.3, -0.25) is 0 Å². The Morgan fingerprint density at radius 1 is 1.18 bits per heavy atom. The molecule has 2 unspecified atom stereocenters. The summed E-state index contributed by atoms with van der Waals surface area (Å²) in [6.45, 7) is 5.18. The molecule has 1 rings (SSSR count). The molecule has 0 aliphatic carbocycles. The molecule has 0 N–H and O–H groups in total. The number of halogens is 1. The average Bonchev–Trinajstić information content (AvgIpc) is 2.35. The third-order valence-electron chi connectivity index (χ3n) is 2.99. The lowest BCUT2D eigenvalue weighted by atomic mass is 10.0. The van der Waals surface area contributed by atoms with Crippen LogP contribution >= 0.6 is 15.9 Å². The van der Waals surface area contributed by atoms with E-state index >= 15 is 0 Å². The van der Waals surface area contributed by atoms with E-state index in [4.69, 9.17) is 9.47 Å². The Balaban J connectivity index is 2.34. The summed E-state index contributed by atoms with van der Waals surface area (Å²) in [5.41, 5.74) is 0. The van der Waals surface area contributed by atoms with Crippen LogP contribution in [0.3, 0.4) is 0 Å². The predicted octanol–water partition coefficient (Wildman–Crippen LogP) is 4.27. The summed E-state index contributed by atoms with van der Waals surface area (Å²) >= 11 is 3.63. The number of hydrogen-bond acceptors (Lipinski definition) is 2. The van der Waals surface area contributed by atoms with Gasteiger partial charge in [0.25, 0.3) is 0 Å². The van der Waals surface area contributed by atoms with Gasteiger partial charge in [0, 0.05) is 4.83 Å². The molecule has 17 heavy (non-hydrogen) atoms. The van der Waals surface area contributed by atoms with Gasteiger partial charge >= 0.3 is 0 Å². The first-order valence-corrected chi connectivity index (χ1v) is 6.99. The molecule has 3 heteroatoms. The Labute approximate surface area is 112 Å². The number of ether oxygens (including phenoxy) is 2. The van der Waals surface area contributed by atoms with Crippen molar-refractivity contribution in [1.29, 1.82) is 0 Å². The summed E-state index contributed by atoms with van der Waals surface area (Å²) in [6.07, 6.45) is 2.26. The molecule has 0 saturated carbocycles. The highest BCUT2D eigenvalue weighted by molar-refractivity contribution is 9.09. The fourth-order valence-corrected chi connectivity index (χ4v) is 2.40. The van der Waals surface area contributed by atoms with E-state index in [2.05, 4.69) is 29.8 Å². The summed E-state index contributed by atoms with van der Waals surface area (Å²) in [4.78, 5) is 0.548. The van der Waals surface area contributed by atoms with Crippen molar-refractivity contribution in [2.75, 3.05) is 13.7 Å². The lowest BCUT2D eigenvalue weighted by Crippen LogP contribution is -2.13. The Hall–Kier alpha value is -0.700. The maximum Gasteiger partial charge on any atom is 0.119 e. The Kier molecular flexibility index (Phi) is 6.41. The number of benzene rings is 1. The zero-order valence-electron chi connectivity index (χ0n) is 10.8. The number of rotatable bonds is 7. The number of alkyl halides is 1. The van der Waals surface area contributed by atoms with E-state index < -0.39 is 0 Å². The second-order valence-corrected chi connectivity index (χ2v) is 5.60. The van der Waals surface area contributed by atoms with Crippen LogP contribution in [0, 0.1) is 5.92 Å². The van der Waals surface area contributed by atoms with Crippen LogP contribution in [0.5, 0.6) is 11.5 Å². The van der Waals surface area contributed by atoms with Gasteiger partial charge in [-0.25, -0.2) is 0 Å². The third-order valence-corrected chi connectivity index (χ3v) is 3.74. The molecule has 0 radical (unpaired) electrons. The Morgan fingerprint density at radius 2 is 1.76 bits per heavy atom. The molecule has 0 aromatic heterocycles. The van der Waals surface area contributed by atoms with Crippen molar-refractivity contribution >= 4 is 15.9 Å². The lowest BCUT2D eigenvalue weighted by Gasteiger charge is -2.17. The van der Waals surface area contributed by atoms with Gasteiger partial charge in [-0.15, -0.1) is 0 Å². The van der Waals surface area contributed by atoms with Gasteiger partial charge in [0.2, 0.25) is 0 Å². The van der Waals surface area contributed by atoms with Crippen molar-refractivity contribution in [2.45, 2.75) is 31.5 Å². The second kappa shape index (κ2) is 7.59. The first-order valence-electron chi connectivity index (χ1n) is 6.08. The molecule has 0 heterocycles. The molecule has 1 aromatic rings. The molecular formula is C14H21BrO2. The quantitative estimate of drug-likeness (QED) is 0.700. The molecule has 0 bridgehead atoms. The van der Waals surface area contributed by atoms with Crippen molar-refractivity contribution in [3.63, 3.8) is 0 Å². The van der Waals surface area contributed by atoms with E-state index in [9.17, 15) is 0 Å². The largest absolute Gasteiger partial charge is 0.497 e. The normalized spacial score (nSPS) is 14.1. The molecule has 0 aliphatic heterocycles. The first-order chi connectivity index (χ1) is 8.17. The molecule has 0 amide bonds. The van der Waals surface area contributed by atoms with Gasteiger partial charge in [0.05, 0.1) is 13.7 Å². The summed E-state index contributed by atoms with van der Waals surface area (Å²) in [5, 5.41) is 0. The molecule has 1 aromatic carbocycles. The van der Waals surface area contributed by atoms with E-state index in [-0.39, 0.29) is 0 Å². The molecule has 0 spiro atoms. The maximum atomic E-state index is 5.71. The number of hydrogen-bond donors (Lipinski definition) is 0. The molecule has 2 nitrogen and oxygen atoms in total. The van der Waals surface area contributed by atoms with Crippen LogP contribution in [0.4, 0.5) is 0 Å².